The van der Waals surface area contributed by atoms with Gasteiger partial charge < -0.3 is 4.90 Å². The van der Waals surface area contributed by atoms with Crippen molar-refractivity contribution in [3.63, 3.8) is 0 Å². The maximum Gasteiger partial charge on any atom is 0.263 e. The first-order chi connectivity index (χ1) is 12.3. The molecule has 6 nitrogen and oxygen atoms in total. The van der Waals surface area contributed by atoms with E-state index >= 15 is 0 Å². The summed E-state index contributed by atoms with van der Waals surface area (Å²) in [5.41, 5.74) is 1.61. The third kappa shape index (κ3) is 5.17. The van der Waals surface area contributed by atoms with Crippen LogP contribution in [-0.2, 0) is 14.8 Å². The lowest BCUT2D eigenvalue weighted by molar-refractivity contribution is -0.130. The molecule has 0 atom stereocenters. The van der Waals surface area contributed by atoms with E-state index in [0.29, 0.717) is 37.5 Å². The SMILES string of the molecule is C=C(C)CN(CC)C(=O)CCCCCN=C1NS(=O)(=O)c2ccccc21. The van der Waals surface area contributed by atoms with Crippen LogP contribution >= 0.6 is 0 Å². The molecule has 0 fully saturated rings. The van der Waals surface area contributed by atoms with E-state index in [9.17, 15) is 13.2 Å². The Balaban J connectivity index is 1.77. The van der Waals surface area contributed by atoms with E-state index in [1.807, 2.05) is 18.7 Å². The molecule has 0 spiro atoms. The Morgan fingerprint density at radius 2 is 1.96 bits per heavy atom. The first-order valence-electron chi connectivity index (χ1n) is 8.94. The molecule has 2 rings (SSSR count). The number of fused-ring (bicyclic) bond motifs is 1. The van der Waals surface area contributed by atoms with Crippen molar-refractivity contribution in [2.24, 2.45) is 4.99 Å². The van der Waals surface area contributed by atoms with Gasteiger partial charge in [0.2, 0.25) is 5.91 Å². The molecule has 1 aliphatic heterocycles. The van der Waals surface area contributed by atoms with E-state index in [0.717, 1.165) is 24.8 Å². The zero-order chi connectivity index (χ0) is 19.2. The summed E-state index contributed by atoms with van der Waals surface area (Å²) in [6, 6.07) is 6.83. The van der Waals surface area contributed by atoms with Crippen molar-refractivity contribution in [2.45, 2.75) is 44.4 Å². The Morgan fingerprint density at radius 3 is 2.65 bits per heavy atom. The fourth-order valence-corrected chi connectivity index (χ4v) is 4.12. The van der Waals surface area contributed by atoms with E-state index in [2.05, 4.69) is 16.3 Å². The lowest BCUT2D eigenvalue weighted by Crippen LogP contribution is -2.31. The first kappa shape index (κ1) is 20.2. The lowest BCUT2D eigenvalue weighted by atomic mass is 10.1. The van der Waals surface area contributed by atoms with E-state index in [-0.39, 0.29) is 10.8 Å². The number of likely N-dealkylation sites (N-methyl/N-ethyl adjacent to an activating group) is 1. The van der Waals surface area contributed by atoms with Crippen LogP contribution < -0.4 is 4.72 Å². The topological polar surface area (TPSA) is 78.8 Å². The number of carbonyl (C=O) groups is 1. The minimum absolute atomic E-state index is 0.152. The fraction of sp³-hybridized carbons (Fsp3) is 0.474. The average molecular weight is 378 g/mol. The van der Waals surface area contributed by atoms with Gasteiger partial charge in [-0.3, -0.25) is 14.5 Å². The number of sulfonamides is 1. The molecule has 0 aliphatic carbocycles. The number of rotatable bonds is 9. The minimum atomic E-state index is -3.47. The highest BCUT2D eigenvalue weighted by molar-refractivity contribution is 7.90. The number of hydrogen-bond acceptors (Lipinski definition) is 4. The highest BCUT2D eigenvalue weighted by atomic mass is 32.2. The molecule has 0 radical (unpaired) electrons. The summed E-state index contributed by atoms with van der Waals surface area (Å²) in [5.74, 6) is 0.564. The van der Waals surface area contributed by atoms with Crippen LogP contribution in [0, 0.1) is 0 Å². The van der Waals surface area contributed by atoms with Gasteiger partial charge in [0.05, 0.1) is 4.90 Å². The molecule has 142 valence electrons. The second-order valence-electron chi connectivity index (χ2n) is 6.51. The largest absolute Gasteiger partial charge is 0.339 e. The summed E-state index contributed by atoms with van der Waals surface area (Å²) in [6.07, 6.45) is 3.01. The van der Waals surface area contributed by atoms with Crippen LogP contribution in [0.25, 0.3) is 0 Å². The normalized spacial score (nSPS) is 16.2. The van der Waals surface area contributed by atoms with Crippen molar-refractivity contribution >= 4 is 21.8 Å². The van der Waals surface area contributed by atoms with Gasteiger partial charge in [-0.1, -0.05) is 30.7 Å². The second kappa shape index (κ2) is 8.98. The van der Waals surface area contributed by atoms with Crippen LogP contribution in [0.15, 0.2) is 46.3 Å². The van der Waals surface area contributed by atoms with E-state index in [1.54, 1.807) is 24.3 Å². The molecule has 1 heterocycles. The Hall–Kier alpha value is -2.15. The summed E-state index contributed by atoms with van der Waals surface area (Å²) >= 11 is 0. The third-order valence-corrected chi connectivity index (χ3v) is 5.57. The summed E-state index contributed by atoms with van der Waals surface area (Å²) < 4.78 is 26.5. The Kier molecular flexibility index (Phi) is 6.97. The van der Waals surface area contributed by atoms with Gasteiger partial charge in [0, 0.05) is 31.6 Å². The zero-order valence-electron chi connectivity index (χ0n) is 15.5. The van der Waals surface area contributed by atoms with Crippen molar-refractivity contribution in [1.29, 1.82) is 0 Å². The van der Waals surface area contributed by atoms with E-state index < -0.39 is 10.0 Å². The number of hydrogen-bond donors (Lipinski definition) is 1. The summed E-state index contributed by atoms with van der Waals surface area (Å²) in [7, 11) is -3.47. The fourth-order valence-electron chi connectivity index (χ4n) is 2.87. The van der Waals surface area contributed by atoms with Crippen LogP contribution in [0.4, 0.5) is 0 Å². The second-order valence-corrected chi connectivity index (χ2v) is 8.16. The molecule has 0 bridgehead atoms. The highest BCUT2D eigenvalue weighted by Crippen LogP contribution is 2.22. The third-order valence-electron chi connectivity index (χ3n) is 4.18. The molecule has 0 aromatic heterocycles. The number of nitrogens with one attached hydrogen (secondary N) is 1. The smallest absolute Gasteiger partial charge is 0.263 e. The molecule has 1 aromatic carbocycles. The zero-order valence-corrected chi connectivity index (χ0v) is 16.3. The maximum atomic E-state index is 12.1. The molecule has 26 heavy (non-hydrogen) atoms. The molecule has 0 saturated heterocycles. The van der Waals surface area contributed by atoms with Gasteiger partial charge in [0.15, 0.2) is 0 Å². The molecule has 1 aromatic rings. The average Bonchev–Trinajstić information content (AvgIpc) is 2.86. The quantitative estimate of drug-likeness (QED) is 0.531. The molecule has 0 saturated carbocycles. The van der Waals surface area contributed by atoms with Gasteiger partial charge in [-0.15, -0.1) is 0 Å². The molecule has 1 aliphatic rings. The number of amides is 1. The molecule has 1 amide bonds. The molecule has 0 unspecified atom stereocenters. The van der Waals surface area contributed by atoms with Crippen molar-refractivity contribution in [3.05, 3.63) is 42.0 Å². The number of benzene rings is 1. The number of carbonyl (C=O) groups excluding carboxylic acids is 1. The molecule has 1 N–H and O–H groups in total. The Labute approximate surface area is 156 Å². The van der Waals surface area contributed by atoms with E-state index in [1.165, 1.54) is 0 Å². The van der Waals surface area contributed by atoms with Gasteiger partial charge in [0.25, 0.3) is 10.0 Å². The predicted molar refractivity (Wildman–Crippen MR) is 104 cm³/mol. The van der Waals surface area contributed by atoms with Gasteiger partial charge in [-0.2, -0.15) is 0 Å². The molecular formula is C19H27N3O3S. The number of aliphatic imine (C=N–C) groups is 1. The van der Waals surface area contributed by atoms with Crippen molar-refractivity contribution < 1.29 is 13.2 Å². The first-order valence-corrected chi connectivity index (χ1v) is 10.4. The Morgan fingerprint density at radius 1 is 1.23 bits per heavy atom. The van der Waals surface area contributed by atoms with E-state index in [4.69, 9.17) is 0 Å². The van der Waals surface area contributed by atoms with Crippen LogP contribution in [0.2, 0.25) is 0 Å². The van der Waals surface area contributed by atoms with Gasteiger partial charge in [-0.25, -0.2) is 8.42 Å². The lowest BCUT2D eigenvalue weighted by Gasteiger charge is -2.20. The number of amidine groups is 1. The highest BCUT2D eigenvalue weighted by Gasteiger charge is 2.29. The van der Waals surface area contributed by atoms with Crippen LogP contribution in [0.1, 0.15) is 45.1 Å². The van der Waals surface area contributed by atoms with Crippen molar-refractivity contribution in [2.75, 3.05) is 19.6 Å². The summed E-state index contributed by atoms with van der Waals surface area (Å²) in [4.78, 5) is 18.6. The maximum absolute atomic E-state index is 12.1. The Bertz CT molecular complexity index is 800. The van der Waals surface area contributed by atoms with Gasteiger partial charge in [0.1, 0.15) is 5.84 Å². The summed E-state index contributed by atoms with van der Waals surface area (Å²) in [6.45, 7) is 9.58. The van der Waals surface area contributed by atoms with Crippen LogP contribution in [-0.4, -0.2) is 44.7 Å². The van der Waals surface area contributed by atoms with Crippen molar-refractivity contribution in [1.82, 2.24) is 9.62 Å². The van der Waals surface area contributed by atoms with Crippen LogP contribution in [0.3, 0.4) is 0 Å². The standard InChI is InChI=1S/C19H27N3O3S/c1-4-22(14-15(2)3)18(23)12-6-5-9-13-20-19-16-10-7-8-11-17(16)26(24,25)21-19/h7-8,10-11H,2,4-6,9,12-14H2,1,3H3,(H,20,21). The molecule has 7 heteroatoms. The minimum Gasteiger partial charge on any atom is -0.339 e. The van der Waals surface area contributed by atoms with Crippen molar-refractivity contribution in [3.8, 4) is 0 Å². The van der Waals surface area contributed by atoms with Crippen LogP contribution in [0.5, 0.6) is 0 Å². The number of nitrogens with zero attached hydrogens (tertiary/aromatic N) is 2. The molecular weight excluding hydrogens is 350 g/mol. The predicted octanol–water partition coefficient (Wildman–Crippen LogP) is 2.71. The number of unbranched alkanes of at least 4 members (excludes halogenated alkanes) is 2. The monoisotopic (exact) mass is 377 g/mol. The van der Waals surface area contributed by atoms with Gasteiger partial charge in [-0.05, 0) is 38.8 Å². The summed E-state index contributed by atoms with van der Waals surface area (Å²) in [5, 5.41) is 0. The van der Waals surface area contributed by atoms with Gasteiger partial charge >= 0.3 is 0 Å².